The first kappa shape index (κ1) is 13.4. The Hall–Kier alpha value is -2.60. The number of carbonyl (C=O) groups is 1. The molecule has 1 aromatic heterocycles. The predicted molar refractivity (Wildman–Crippen MR) is 80.3 cm³/mol. The maximum atomic E-state index is 12.8. The normalized spacial score (nSPS) is 13.9. The fraction of sp³-hybridized carbons (Fsp3) is 0.200. The van der Waals surface area contributed by atoms with Crippen molar-refractivity contribution in [3.05, 3.63) is 48.2 Å². The van der Waals surface area contributed by atoms with E-state index in [2.05, 4.69) is 10.4 Å². The molecule has 3 rings (SSSR count). The summed E-state index contributed by atoms with van der Waals surface area (Å²) in [6.07, 6.45) is 2.34. The third kappa shape index (κ3) is 2.66. The molecule has 6 heteroatoms. The molecule has 0 spiro atoms. The van der Waals surface area contributed by atoms with Gasteiger partial charge < -0.3 is 15.1 Å². The second-order valence-electron chi connectivity index (χ2n) is 4.70. The van der Waals surface area contributed by atoms with Gasteiger partial charge in [-0.3, -0.25) is 4.79 Å². The van der Waals surface area contributed by atoms with Gasteiger partial charge in [-0.15, -0.1) is 0 Å². The van der Waals surface area contributed by atoms with Crippen LogP contribution in [0, 0.1) is 0 Å². The first-order chi connectivity index (χ1) is 10.3. The third-order valence-electron chi connectivity index (χ3n) is 3.34. The number of amides is 1. The van der Waals surface area contributed by atoms with E-state index >= 15 is 0 Å². The number of nitrogens with one attached hydrogen (secondary N) is 1. The molecule has 2 aromatic rings. The topological polar surface area (TPSA) is 80.5 Å². The molecule has 0 bridgehead atoms. The van der Waals surface area contributed by atoms with Gasteiger partial charge in [-0.2, -0.15) is 0 Å². The minimum Gasteiger partial charge on any atom is -0.491 e. The number of nitrogens with zero attached hydrogens (tertiary/aromatic N) is 2. The van der Waals surface area contributed by atoms with Gasteiger partial charge in [0.25, 0.3) is 5.91 Å². The van der Waals surface area contributed by atoms with E-state index in [4.69, 9.17) is 10.6 Å². The van der Waals surface area contributed by atoms with Crippen LogP contribution in [-0.2, 0) is 0 Å². The number of carbonyl (C=O) groups excluding carboxylic acids is 1. The van der Waals surface area contributed by atoms with Crippen LogP contribution in [0.4, 0.5) is 11.5 Å². The highest BCUT2D eigenvalue weighted by Gasteiger charge is 2.23. The van der Waals surface area contributed by atoms with Crippen molar-refractivity contribution >= 4 is 17.4 Å². The summed E-state index contributed by atoms with van der Waals surface area (Å²) in [5.41, 5.74) is 3.78. The van der Waals surface area contributed by atoms with Gasteiger partial charge in [-0.25, -0.2) is 10.8 Å². The summed E-state index contributed by atoms with van der Waals surface area (Å²) >= 11 is 0. The molecule has 21 heavy (non-hydrogen) atoms. The zero-order valence-corrected chi connectivity index (χ0v) is 11.5. The van der Waals surface area contributed by atoms with Crippen molar-refractivity contribution < 1.29 is 9.53 Å². The number of pyridine rings is 1. The Bertz CT molecular complexity index is 660. The Morgan fingerprint density at radius 1 is 1.33 bits per heavy atom. The number of para-hydroxylation sites is 2. The number of hydrogen-bond donors (Lipinski definition) is 2. The zero-order chi connectivity index (χ0) is 14.7. The van der Waals surface area contributed by atoms with Crippen LogP contribution in [-0.4, -0.2) is 24.0 Å². The van der Waals surface area contributed by atoms with Crippen molar-refractivity contribution in [3.8, 4) is 5.75 Å². The summed E-state index contributed by atoms with van der Waals surface area (Å²) < 4.78 is 5.67. The first-order valence-electron chi connectivity index (χ1n) is 6.76. The molecule has 1 aromatic carbocycles. The van der Waals surface area contributed by atoms with E-state index in [0.29, 0.717) is 24.5 Å². The molecule has 1 aliphatic rings. The number of aromatic nitrogens is 1. The molecule has 6 nitrogen and oxygen atoms in total. The van der Waals surface area contributed by atoms with E-state index in [9.17, 15) is 4.79 Å². The summed E-state index contributed by atoms with van der Waals surface area (Å²) in [6.45, 7) is 1.22. The van der Waals surface area contributed by atoms with Crippen LogP contribution >= 0.6 is 0 Å². The van der Waals surface area contributed by atoms with Crippen LogP contribution in [0.25, 0.3) is 0 Å². The smallest absolute Gasteiger partial charge is 0.258 e. The number of anilines is 2. The second-order valence-corrected chi connectivity index (χ2v) is 4.70. The van der Waals surface area contributed by atoms with Crippen LogP contribution in [0.3, 0.4) is 0 Å². The summed E-state index contributed by atoms with van der Waals surface area (Å²) in [7, 11) is 0. The van der Waals surface area contributed by atoms with Crippen molar-refractivity contribution in [2.24, 2.45) is 5.84 Å². The minimum atomic E-state index is -0.0909. The summed E-state index contributed by atoms with van der Waals surface area (Å²) in [5, 5.41) is 0. The standard InChI is InChI=1S/C15H16N4O2/c16-18-14-10-11(6-7-17-14)15(20)19-8-3-9-21-13-5-2-1-4-12(13)19/h1-2,4-7,10H,3,8-9,16H2,(H,17,18). The second kappa shape index (κ2) is 5.80. The number of ether oxygens (including phenoxy) is 1. The molecule has 0 saturated heterocycles. The lowest BCUT2D eigenvalue weighted by Crippen LogP contribution is -2.31. The van der Waals surface area contributed by atoms with E-state index in [1.54, 1.807) is 23.2 Å². The molecule has 1 amide bonds. The number of benzene rings is 1. The number of nitrogens with two attached hydrogens (primary N) is 1. The zero-order valence-electron chi connectivity index (χ0n) is 11.5. The molecule has 0 fully saturated rings. The SMILES string of the molecule is NNc1cc(C(=O)N2CCCOc3ccccc32)ccn1. The van der Waals surface area contributed by atoms with Gasteiger partial charge in [-0.05, 0) is 30.7 Å². The molecular formula is C15H16N4O2. The largest absolute Gasteiger partial charge is 0.491 e. The van der Waals surface area contributed by atoms with Gasteiger partial charge in [0.15, 0.2) is 0 Å². The molecule has 0 saturated carbocycles. The molecule has 108 valence electrons. The first-order valence-corrected chi connectivity index (χ1v) is 6.76. The van der Waals surface area contributed by atoms with Crippen LogP contribution < -0.4 is 20.9 Å². The van der Waals surface area contributed by atoms with Gasteiger partial charge in [0.2, 0.25) is 0 Å². The van der Waals surface area contributed by atoms with Crippen molar-refractivity contribution in [1.82, 2.24) is 4.98 Å². The van der Waals surface area contributed by atoms with E-state index in [1.165, 1.54) is 0 Å². The maximum Gasteiger partial charge on any atom is 0.258 e. The number of nitrogen functional groups attached to an aromatic ring is 1. The highest BCUT2D eigenvalue weighted by molar-refractivity contribution is 6.07. The summed E-state index contributed by atoms with van der Waals surface area (Å²) in [5.74, 6) is 6.44. The van der Waals surface area contributed by atoms with Gasteiger partial charge in [-0.1, -0.05) is 12.1 Å². The Morgan fingerprint density at radius 3 is 3.05 bits per heavy atom. The molecule has 0 aliphatic carbocycles. The van der Waals surface area contributed by atoms with Crippen molar-refractivity contribution in [1.29, 1.82) is 0 Å². The van der Waals surface area contributed by atoms with E-state index in [0.717, 1.165) is 17.9 Å². The van der Waals surface area contributed by atoms with Crippen molar-refractivity contribution in [2.75, 3.05) is 23.5 Å². The monoisotopic (exact) mass is 284 g/mol. The highest BCUT2D eigenvalue weighted by Crippen LogP contribution is 2.31. The van der Waals surface area contributed by atoms with E-state index in [-0.39, 0.29) is 5.91 Å². The lowest BCUT2D eigenvalue weighted by Gasteiger charge is -2.21. The Kier molecular flexibility index (Phi) is 3.70. The Balaban J connectivity index is 1.97. The minimum absolute atomic E-state index is 0.0909. The summed E-state index contributed by atoms with van der Waals surface area (Å²) in [6, 6.07) is 10.9. The summed E-state index contributed by atoms with van der Waals surface area (Å²) in [4.78, 5) is 18.5. The van der Waals surface area contributed by atoms with Crippen LogP contribution in [0.5, 0.6) is 5.75 Å². The lowest BCUT2D eigenvalue weighted by atomic mass is 10.2. The fourth-order valence-corrected chi connectivity index (χ4v) is 2.34. The molecule has 3 N–H and O–H groups in total. The molecule has 1 aliphatic heterocycles. The van der Waals surface area contributed by atoms with Crippen LogP contribution in [0.1, 0.15) is 16.8 Å². The Morgan fingerprint density at radius 2 is 2.19 bits per heavy atom. The van der Waals surface area contributed by atoms with Crippen molar-refractivity contribution in [3.63, 3.8) is 0 Å². The van der Waals surface area contributed by atoms with Gasteiger partial charge in [0.05, 0.1) is 12.3 Å². The average molecular weight is 284 g/mol. The molecule has 0 radical (unpaired) electrons. The predicted octanol–water partition coefficient (Wildman–Crippen LogP) is 1.80. The van der Waals surface area contributed by atoms with E-state index in [1.807, 2.05) is 24.3 Å². The Labute approximate surface area is 122 Å². The lowest BCUT2D eigenvalue weighted by molar-refractivity contribution is 0.0987. The maximum absolute atomic E-state index is 12.8. The third-order valence-corrected chi connectivity index (χ3v) is 3.34. The average Bonchev–Trinajstić information content (AvgIpc) is 2.76. The van der Waals surface area contributed by atoms with Crippen LogP contribution in [0.15, 0.2) is 42.6 Å². The molecule has 2 heterocycles. The highest BCUT2D eigenvalue weighted by atomic mass is 16.5. The van der Waals surface area contributed by atoms with Gasteiger partial charge in [0.1, 0.15) is 11.6 Å². The van der Waals surface area contributed by atoms with Crippen LogP contribution in [0.2, 0.25) is 0 Å². The van der Waals surface area contributed by atoms with Gasteiger partial charge >= 0.3 is 0 Å². The number of hydrazine groups is 1. The van der Waals surface area contributed by atoms with Crippen molar-refractivity contribution in [2.45, 2.75) is 6.42 Å². The molecule has 0 unspecified atom stereocenters. The van der Waals surface area contributed by atoms with E-state index < -0.39 is 0 Å². The number of fused-ring (bicyclic) bond motifs is 1. The van der Waals surface area contributed by atoms with Gasteiger partial charge in [0, 0.05) is 18.3 Å². The number of hydrogen-bond acceptors (Lipinski definition) is 5. The molecule has 0 atom stereocenters. The number of rotatable bonds is 2. The quantitative estimate of drug-likeness (QED) is 0.649. The molecular weight excluding hydrogens is 268 g/mol. The fourth-order valence-electron chi connectivity index (χ4n) is 2.34.